The van der Waals surface area contributed by atoms with Gasteiger partial charge in [0.05, 0.1) is 0 Å². The van der Waals surface area contributed by atoms with E-state index in [9.17, 15) is 4.79 Å². The van der Waals surface area contributed by atoms with Crippen LogP contribution >= 0.6 is 0 Å². The van der Waals surface area contributed by atoms with E-state index in [0.717, 1.165) is 6.42 Å². The molecule has 1 aliphatic heterocycles. The Bertz CT molecular complexity index is 274. The van der Waals surface area contributed by atoms with Crippen molar-refractivity contribution in [1.29, 1.82) is 0 Å². The van der Waals surface area contributed by atoms with Crippen LogP contribution in [0.25, 0.3) is 0 Å². The van der Waals surface area contributed by atoms with Gasteiger partial charge >= 0.3 is 5.97 Å². The van der Waals surface area contributed by atoms with Crippen molar-refractivity contribution in [3.05, 3.63) is 0 Å². The van der Waals surface area contributed by atoms with Gasteiger partial charge in [-0.3, -0.25) is 0 Å². The summed E-state index contributed by atoms with van der Waals surface area (Å²) >= 11 is 0. The monoisotopic (exact) mass is 240 g/mol. The number of rotatable bonds is 2. The van der Waals surface area contributed by atoms with Crippen LogP contribution in [0, 0.1) is 11.3 Å². The molecule has 98 valence electrons. The van der Waals surface area contributed by atoms with Crippen LogP contribution in [0.15, 0.2) is 0 Å². The van der Waals surface area contributed by atoms with Gasteiger partial charge in [0.25, 0.3) is 0 Å². The lowest BCUT2D eigenvalue weighted by Gasteiger charge is -2.25. The third kappa shape index (κ3) is 3.21. The van der Waals surface area contributed by atoms with Gasteiger partial charge in [-0.05, 0) is 12.3 Å². The Balaban J connectivity index is 1.87. The molecule has 1 heterocycles. The summed E-state index contributed by atoms with van der Waals surface area (Å²) in [5.74, 6) is 0.496. The quantitative estimate of drug-likeness (QED) is 0.695. The maximum atomic E-state index is 11.8. The van der Waals surface area contributed by atoms with Crippen LogP contribution < -0.4 is 0 Å². The van der Waals surface area contributed by atoms with Gasteiger partial charge in [0.15, 0.2) is 6.10 Å². The van der Waals surface area contributed by atoms with Gasteiger partial charge in [-0.25, -0.2) is 4.79 Å². The molecule has 2 rings (SSSR count). The lowest BCUT2D eigenvalue weighted by atomic mass is 9.85. The van der Waals surface area contributed by atoms with Gasteiger partial charge in [-0.15, -0.1) is 0 Å². The summed E-state index contributed by atoms with van der Waals surface area (Å²) in [6.07, 6.45) is 6.60. The van der Waals surface area contributed by atoms with E-state index in [2.05, 4.69) is 0 Å². The van der Waals surface area contributed by atoms with Crippen molar-refractivity contribution < 1.29 is 14.3 Å². The highest BCUT2D eigenvalue weighted by atomic mass is 16.8. The van der Waals surface area contributed by atoms with E-state index in [-0.39, 0.29) is 23.8 Å². The third-order valence-corrected chi connectivity index (χ3v) is 3.75. The van der Waals surface area contributed by atoms with E-state index < -0.39 is 0 Å². The molecule has 0 unspecified atom stereocenters. The summed E-state index contributed by atoms with van der Waals surface area (Å²) < 4.78 is 11.1. The fourth-order valence-corrected chi connectivity index (χ4v) is 2.67. The predicted molar refractivity (Wildman–Crippen MR) is 65.4 cm³/mol. The fourth-order valence-electron chi connectivity index (χ4n) is 2.67. The Labute approximate surface area is 104 Å². The number of carbonyl (C=O) groups is 1. The third-order valence-electron chi connectivity index (χ3n) is 3.75. The standard InChI is InChI=1S/C14H24O3/c1-14(2,3)13-16-11(12(15)17-13)9-10-7-5-4-6-8-10/h10-11,13H,4-9H2,1-3H3/t11-,13-/m0/s1. The number of hydrogen-bond donors (Lipinski definition) is 0. The Kier molecular flexibility index (Phi) is 3.76. The molecule has 0 radical (unpaired) electrons. The molecule has 2 fully saturated rings. The second-order valence-electron chi connectivity index (χ2n) is 6.50. The summed E-state index contributed by atoms with van der Waals surface area (Å²) in [5.41, 5.74) is -0.128. The van der Waals surface area contributed by atoms with Gasteiger partial charge in [0.2, 0.25) is 6.29 Å². The number of cyclic esters (lactones) is 1. The average molecular weight is 240 g/mol. The topological polar surface area (TPSA) is 35.5 Å². The van der Waals surface area contributed by atoms with Crippen molar-refractivity contribution in [3.8, 4) is 0 Å². The number of ether oxygens (including phenoxy) is 2. The largest absolute Gasteiger partial charge is 0.433 e. The van der Waals surface area contributed by atoms with Crippen LogP contribution in [0.1, 0.15) is 59.3 Å². The molecule has 0 spiro atoms. The maximum Gasteiger partial charge on any atom is 0.337 e. The van der Waals surface area contributed by atoms with Crippen molar-refractivity contribution in [2.45, 2.75) is 71.7 Å². The Morgan fingerprint density at radius 3 is 2.35 bits per heavy atom. The molecular formula is C14H24O3. The first kappa shape index (κ1) is 12.9. The van der Waals surface area contributed by atoms with Crippen molar-refractivity contribution in [2.24, 2.45) is 11.3 Å². The van der Waals surface area contributed by atoms with Crippen LogP contribution in [0.2, 0.25) is 0 Å². The molecule has 1 aliphatic carbocycles. The molecule has 0 N–H and O–H groups in total. The molecule has 1 saturated heterocycles. The smallest absolute Gasteiger partial charge is 0.337 e. The normalized spacial score (nSPS) is 31.6. The summed E-state index contributed by atoms with van der Waals surface area (Å²) in [4.78, 5) is 11.8. The van der Waals surface area contributed by atoms with Gasteiger partial charge in [0.1, 0.15) is 0 Å². The highest BCUT2D eigenvalue weighted by Crippen LogP contribution is 2.34. The maximum absolute atomic E-state index is 11.8. The number of esters is 1. The molecule has 0 aromatic carbocycles. The second-order valence-corrected chi connectivity index (χ2v) is 6.50. The second kappa shape index (κ2) is 4.97. The summed E-state index contributed by atoms with van der Waals surface area (Å²) in [6.45, 7) is 6.11. The average Bonchev–Trinajstić information content (AvgIpc) is 2.62. The van der Waals surface area contributed by atoms with E-state index in [1.807, 2.05) is 20.8 Å². The van der Waals surface area contributed by atoms with Gasteiger partial charge in [-0.1, -0.05) is 52.9 Å². The van der Waals surface area contributed by atoms with Crippen LogP contribution in [-0.2, 0) is 14.3 Å². The molecule has 0 bridgehead atoms. The zero-order valence-electron chi connectivity index (χ0n) is 11.2. The molecule has 0 amide bonds. The lowest BCUT2D eigenvalue weighted by Crippen LogP contribution is -2.28. The molecular weight excluding hydrogens is 216 g/mol. The molecule has 0 aromatic heterocycles. The van der Waals surface area contributed by atoms with Crippen LogP contribution in [0.3, 0.4) is 0 Å². The summed E-state index contributed by atoms with van der Waals surface area (Å²) in [7, 11) is 0. The minimum absolute atomic E-state index is 0.128. The molecule has 3 nitrogen and oxygen atoms in total. The van der Waals surface area contributed by atoms with Crippen LogP contribution in [0.5, 0.6) is 0 Å². The first-order valence-electron chi connectivity index (χ1n) is 6.83. The van der Waals surface area contributed by atoms with Gasteiger partial charge < -0.3 is 9.47 Å². The van der Waals surface area contributed by atoms with Gasteiger partial charge in [-0.2, -0.15) is 0 Å². The molecule has 1 saturated carbocycles. The molecule has 3 heteroatoms. The van der Waals surface area contributed by atoms with E-state index >= 15 is 0 Å². The van der Waals surface area contributed by atoms with E-state index in [1.165, 1.54) is 32.1 Å². The molecule has 2 atom stereocenters. The van der Waals surface area contributed by atoms with Crippen molar-refractivity contribution in [2.75, 3.05) is 0 Å². The van der Waals surface area contributed by atoms with Crippen LogP contribution in [0.4, 0.5) is 0 Å². The first-order valence-corrected chi connectivity index (χ1v) is 6.83. The Hall–Kier alpha value is -0.570. The molecule has 0 aromatic rings. The van der Waals surface area contributed by atoms with Crippen molar-refractivity contribution in [3.63, 3.8) is 0 Å². The van der Waals surface area contributed by atoms with E-state index in [1.54, 1.807) is 0 Å². The zero-order chi connectivity index (χ0) is 12.5. The minimum Gasteiger partial charge on any atom is -0.433 e. The highest BCUT2D eigenvalue weighted by molar-refractivity contribution is 5.76. The fraction of sp³-hybridized carbons (Fsp3) is 0.929. The number of hydrogen-bond acceptors (Lipinski definition) is 3. The van der Waals surface area contributed by atoms with E-state index in [4.69, 9.17) is 9.47 Å². The van der Waals surface area contributed by atoms with Crippen molar-refractivity contribution in [1.82, 2.24) is 0 Å². The Morgan fingerprint density at radius 2 is 1.82 bits per heavy atom. The molecule has 17 heavy (non-hydrogen) atoms. The summed E-state index contributed by atoms with van der Waals surface area (Å²) in [6, 6.07) is 0. The highest BCUT2D eigenvalue weighted by Gasteiger charge is 2.42. The SMILES string of the molecule is CC(C)(C)[C@@H]1OC(=O)[C@H](CC2CCCCC2)O1. The van der Waals surface area contributed by atoms with Crippen molar-refractivity contribution >= 4 is 5.97 Å². The zero-order valence-corrected chi connectivity index (χ0v) is 11.2. The lowest BCUT2D eigenvalue weighted by molar-refractivity contribution is -0.154. The Morgan fingerprint density at radius 1 is 1.18 bits per heavy atom. The predicted octanol–water partition coefficient (Wildman–Crippen LogP) is 3.27. The molecule has 2 aliphatic rings. The van der Waals surface area contributed by atoms with Gasteiger partial charge in [0, 0.05) is 5.41 Å². The minimum atomic E-state index is -0.372. The summed E-state index contributed by atoms with van der Waals surface area (Å²) in [5, 5.41) is 0. The van der Waals surface area contributed by atoms with Crippen LogP contribution in [-0.4, -0.2) is 18.4 Å². The first-order chi connectivity index (χ1) is 7.97. The van der Waals surface area contributed by atoms with E-state index in [0.29, 0.717) is 5.92 Å². The number of carbonyl (C=O) groups excluding carboxylic acids is 1.